The molecule has 0 amide bonds. The average molecular weight is 185 g/mol. The third-order valence-corrected chi connectivity index (χ3v) is 2.97. The summed E-state index contributed by atoms with van der Waals surface area (Å²) in [5.74, 6) is 0.838. The van der Waals surface area contributed by atoms with Gasteiger partial charge in [-0.1, -0.05) is 47.0 Å². The molecule has 0 aromatic heterocycles. The Morgan fingerprint density at radius 1 is 1.23 bits per heavy atom. The second kappa shape index (κ2) is 6.42. The van der Waals surface area contributed by atoms with Crippen molar-refractivity contribution in [3.05, 3.63) is 0 Å². The molecule has 0 aromatic carbocycles. The van der Waals surface area contributed by atoms with Crippen molar-refractivity contribution in [1.82, 2.24) is 0 Å². The smallest absolute Gasteiger partial charge is 0.00231 e. The van der Waals surface area contributed by atoms with Crippen LogP contribution in [0.2, 0.25) is 0 Å². The summed E-state index contributed by atoms with van der Waals surface area (Å²) in [6.07, 6.45) is 6.47. The minimum Gasteiger partial charge on any atom is -0.330 e. The van der Waals surface area contributed by atoms with Crippen molar-refractivity contribution >= 4 is 0 Å². The number of nitrogens with two attached hydrogens (primary N) is 1. The van der Waals surface area contributed by atoms with Gasteiger partial charge < -0.3 is 5.73 Å². The summed E-state index contributed by atoms with van der Waals surface area (Å²) in [4.78, 5) is 0. The Kier molecular flexibility index (Phi) is 6.40. The summed E-state index contributed by atoms with van der Waals surface area (Å²) in [6.45, 7) is 10.0. The highest BCUT2D eigenvalue weighted by Gasteiger charge is 2.23. The van der Waals surface area contributed by atoms with Crippen molar-refractivity contribution in [2.24, 2.45) is 17.1 Å². The largest absolute Gasteiger partial charge is 0.330 e. The van der Waals surface area contributed by atoms with E-state index in [2.05, 4.69) is 27.7 Å². The third kappa shape index (κ3) is 5.30. The summed E-state index contributed by atoms with van der Waals surface area (Å²) >= 11 is 0. The van der Waals surface area contributed by atoms with E-state index < -0.39 is 0 Å². The lowest BCUT2D eigenvalue weighted by Gasteiger charge is -2.30. The van der Waals surface area contributed by atoms with Crippen molar-refractivity contribution in [2.75, 3.05) is 6.54 Å². The molecule has 0 heterocycles. The maximum Gasteiger partial charge on any atom is -0.00231 e. The average Bonchev–Trinajstić information content (AvgIpc) is 2.05. The SMILES string of the molecule is CCCC(C)CC(C)(CN)CCC. The lowest BCUT2D eigenvalue weighted by Crippen LogP contribution is -2.29. The fourth-order valence-electron chi connectivity index (χ4n) is 2.33. The van der Waals surface area contributed by atoms with Crippen LogP contribution in [0.1, 0.15) is 59.8 Å². The fraction of sp³-hybridized carbons (Fsp3) is 1.00. The molecule has 0 aliphatic heterocycles. The van der Waals surface area contributed by atoms with Crippen LogP contribution >= 0.6 is 0 Å². The molecule has 0 radical (unpaired) electrons. The van der Waals surface area contributed by atoms with Gasteiger partial charge in [0.15, 0.2) is 0 Å². The van der Waals surface area contributed by atoms with Crippen LogP contribution in [0.3, 0.4) is 0 Å². The second-order valence-corrected chi connectivity index (χ2v) is 4.86. The fourth-order valence-corrected chi connectivity index (χ4v) is 2.33. The number of hydrogen-bond acceptors (Lipinski definition) is 1. The highest BCUT2D eigenvalue weighted by Crippen LogP contribution is 2.31. The molecule has 2 N–H and O–H groups in total. The van der Waals surface area contributed by atoms with Gasteiger partial charge in [0, 0.05) is 0 Å². The molecule has 1 heteroatoms. The zero-order valence-corrected chi connectivity index (χ0v) is 9.90. The van der Waals surface area contributed by atoms with Crippen LogP contribution in [0.5, 0.6) is 0 Å². The van der Waals surface area contributed by atoms with Gasteiger partial charge in [-0.25, -0.2) is 0 Å². The first-order chi connectivity index (χ1) is 6.08. The third-order valence-electron chi connectivity index (χ3n) is 2.97. The van der Waals surface area contributed by atoms with Crippen molar-refractivity contribution < 1.29 is 0 Å². The molecule has 0 saturated carbocycles. The van der Waals surface area contributed by atoms with Gasteiger partial charge in [-0.15, -0.1) is 0 Å². The van der Waals surface area contributed by atoms with Crippen molar-refractivity contribution in [2.45, 2.75) is 59.8 Å². The van der Waals surface area contributed by atoms with E-state index in [0.29, 0.717) is 5.41 Å². The molecule has 1 nitrogen and oxygen atoms in total. The van der Waals surface area contributed by atoms with Gasteiger partial charge in [0.1, 0.15) is 0 Å². The van der Waals surface area contributed by atoms with Gasteiger partial charge in [0.05, 0.1) is 0 Å². The molecule has 13 heavy (non-hydrogen) atoms. The predicted octanol–water partition coefficient (Wildman–Crippen LogP) is 3.58. The standard InChI is InChI=1S/C12H27N/c1-5-7-11(3)9-12(4,10-13)8-6-2/h11H,5-10,13H2,1-4H3. The maximum absolute atomic E-state index is 5.84. The van der Waals surface area contributed by atoms with Gasteiger partial charge in [-0.2, -0.15) is 0 Å². The van der Waals surface area contributed by atoms with E-state index in [4.69, 9.17) is 5.73 Å². The van der Waals surface area contributed by atoms with E-state index in [1.165, 1.54) is 32.1 Å². The van der Waals surface area contributed by atoms with Crippen LogP contribution in [-0.4, -0.2) is 6.54 Å². The number of hydrogen-bond donors (Lipinski definition) is 1. The molecule has 0 aliphatic rings. The highest BCUT2D eigenvalue weighted by atomic mass is 14.6. The summed E-state index contributed by atoms with van der Waals surface area (Å²) in [5, 5.41) is 0. The van der Waals surface area contributed by atoms with E-state index >= 15 is 0 Å². The lowest BCUT2D eigenvalue weighted by molar-refractivity contribution is 0.229. The lowest BCUT2D eigenvalue weighted by atomic mass is 9.77. The van der Waals surface area contributed by atoms with Crippen molar-refractivity contribution in [3.63, 3.8) is 0 Å². The number of rotatable bonds is 7. The van der Waals surface area contributed by atoms with Crippen molar-refractivity contribution in [1.29, 1.82) is 0 Å². The molecule has 0 aromatic rings. The zero-order chi connectivity index (χ0) is 10.3. The predicted molar refractivity (Wildman–Crippen MR) is 60.8 cm³/mol. The van der Waals surface area contributed by atoms with Crippen molar-refractivity contribution in [3.8, 4) is 0 Å². The Hall–Kier alpha value is -0.0400. The van der Waals surface area contributed by atoms with Crippen LogP contribution in [0.15, 0.2) is 0 Å². The topological polar surface area (TPSA) is 26.0 Å². The Morgan fingerprint density at radius 3 is 2.23 bits per heavy atom. The summed E-state index contributed by atoms with van der Waals surface area (Å²) in [6, 6.07) is 0. The molecule has 0 spiro atoms. The Labute approximate surface area is 84.1 Å². The zero-order valence-electron chi connectivity index (χ0n) is 9.90. The first-order valence-electron chi connectivity index (χ1n) is 5.78. The van der Waals surface area contributed by atoms with E-state index in [9.17, 15) is 0 Å². The quantitative estimate of drug-likeness (QED) is 0.644. The van der Waals surface area contributed by atoms with Crippen LogP contribution in [-0.2, 0) is 0 Å². The van der Waals surface area contributed by atoms with Crippen LogP contribution in [0, 0.1) is 11.3 Å². The second-order valence-electron chi connectivity index (χ2n) is 4.86. The Bertz CT molecular complexity index is 122. The first kappa shape index (κ1) is 13.0. The van der Waals surface area contributed by atoms with Gasteiger partial charge in [-0.3, -0.25) is 0 Å². The first-order valence-corrected chi connectivity index (χ1v) is 5.78. The molecule has 2 unspecified atom stereocenters. The van der Waals surface area contributed by atoms with Gasteiger partial charge in [-0.05, 0) is 30.7 Å². The molecule has 80 valence electrons. The molecule has 0 fully saturated rings. The molecule has 0 aliphatic carbocycles. The Balaban J connectivity index is 3.93. The summed E-state index contributed by atoms with van der Waals surface area (Å²) in [5.41, 5.74) is 6.23. The van der Waals surface area contributed by atoms with E-state index in [1.807, 2.05) is 0 Å². The molecule has 2 atom stereocenters. The van der Waals surface area contributed by atoms with E-state index in [-0.39, 0.29) is 0 Å². The summed E-state index contributed by atoms with van der Waals surface area (Å²) in [7, 11) is 0. The maximum atomic E-state index is 5.84. The van der Waals surface area contributed by atoms with Crippen LogP contribution in [0.25, 0.3) is 0 Å². The van der Waals surface area contributed by atoms with Gasteiger partial charge in [0.25, 0.3) is 0 Å². The summed E-state index contributed by atoms with van der Waals surface area (Å²) < 4.78 is 0. The van der Waals surface area contributed by atoms with Gasteiger partial charge in [0.2, 0.25) is 0 Å². The van der Waals surface area contributed by atoms with Gasteiger partial charge >= 0.3 is 0 Å². The molecule has 0 bridgehead atoms. The molecular weight excluding hydrogens is 158 g/mol. The minimum atomic E-state index is 0.392. The monoisotopic (exact) mass is 185 g/mol. The Morgan fingerprint density at radius 2 is 1.85 bits per heavy atom. The molecular formula is C12H27N. The highest BCUT2D eigenvalue weighted by molar-refractivity contribution is 4.77. The normalized spacial score (nSPS) is 18.2. The van der Waals surface area contributed by atoms with Crippen LogP contribution in [0.4, 0.5) is 0 Å². The minimum absolute atomic E-state index is 0.392. The molecule has 0 rings (SSSR count). The molecule has 0 saturated heterocycles. The van der Waals surface area contributed by atoms with Crippen LogP contribution < -0.4 is 5.73 Å². The van der Waals surface area contributed by atoms with E-state index in [0.717, 1.165) is 12.5 Å². The van der Waals surface area contributed by atoms with E-state index in [1.54, 1.807) is 0 Å².